The van der Waals surface area contributed by atoms with Gasteiger partial charge >= 0.3 is 0 Å². The summed E-state index contributed by atoms with van der Waals surface area (Å²) in [4.78, 5) is 28.2. The van der Waals surface area contributed by atoms with Gasteiger partial charge < -0.3 is 10.2 Å². The van der Waals surface area contributed by atoms with Gasteiger partial charge in [-0.05, 0) is 43.2 Å². The molecule has 0 fully saturated rings. The fourth-order valence-corrected chi connectivity index (χ4v) is 4.26. The molecule has 1 atom stereocenters. The Kier molecular flexibility index (Phi) is 9.34. The summed E-state index contributed by atoms with van der Waals surface area (Å²) in [7, 11) is 1.58. The summed E-state index contributed by atoms with van der Waals surface area (Å²) in [5.74, 6) is 0.375. The molecule has 0 spiro atoms. The number of benzene rings is 2. The van der Waals surface area contributed by atoms with Crippen molar-refractivity contribution >= 4 is 46.8 Å². The molecule has 1 N–H and O–H groups in total. The summed E-state index contributed by atoms with van der Waals surface area (Å²) in [5.41, 5.74) is 1.96. The maximum absolute atomic E-state index is 13.1. The van der Waals surface area contributed by atoms with E-state index >= 15 is 0 Å². The van der Waals surface area contributed by atoms with Gasteiger partial charge in [-0.3, -0.25) is 9.59 Å². The highest BCUT2D eigenvalue weighted by atomic mass is 35.5. The Hall–Kier alpha value is -1.69. The summed E-state index contributed by atoms with van der Waals surface area (Å²) in [6.07, 6.45) is 0.846. The molecule has 0 aliphatic carbocycles. The third-order valence-electron chi connectivity index (χ3n) is 4.59. The molecule has 7 heteroatoms. The summed E-state index contributed by atoms with van der Waals surface area (Å²) < 4.78 is 0. The first-order valence-electron chi connectivity index (χ1n) is 9.50. The van der Waals surface area contributed by atoms with Crippen molar-refractivity contribution in [1.29, 1.82) is 0 Å². The average Bonchev–Trinajstić information content (AvgIpc) is 2.70. The lowest BCUT2D eigenvalue weighted by Crippen LogP contribution is -2.48. The largest absolute Gasteiger partial charge is 0.357 e. The highest BCUT2D eigenvalue weighted by Crippen LogP contribution is 2.25. The molecule has 0 radical (unpaired) electrons. The first kappa shape index (κ1) is 23.6. The maximum atomic E-state index is 13.1. The zero-order chi connectivity index (χ0) is 21.4. The second-order valence-electron chi connectivity index (χ2n) is 6.71. The van der Waals surface area contributed by atoms with Gasteiger partial charge in [0.05, 0.1) is 0 Å². The van der Waals surface area contributed by atoms with E-state index in [0.717, 1.165) is 10.5 Å². The molecule has 0 saturated carbocycles. The van der Waals surface area contributed by atoms with Crippen molar-refractivity contribution < 1.29 is 9.59 Å². The minimum atomic E-state index is -0.552. The van der Waals surface area contributed by atoms with Crippen molar-refractivity contribution in [2.24, 2.45) is 0 Å². The molecule has 2 aromatic rings. The number of halogens is 2. The zero-order valence-corrected chi connectivity index (χ0v) is 19.2. The smallest absolute Gasteiger partial charge is 0.242 e. The van der Waals surface area contributed by atoms with Crippen LogP contribution in [0.5, 0.6) is 0 Å². The minimum Gasteiger partial charge on any atom is -0.357 e. The average molecular weight is 453 g/mol. The van der Waals surface area contributed by atoms with E-state index in [1.807, 2.05) is 13.8 Å². The van der Waals surface area contributed by atoms with Crippen LogP contribution < -0.4 is 5.32 Å². The fourth-order valence-electron chi connectivity index (χ4n) is 2.95. The number of carbonyl (C=O) groups is 2. The van der Waals surface area contributed by atoms with E-state index < -0.39 is 6.04 Å². The van der Waals surface area contributed by atoms with Gasteiger partial charge in [0.25, 0.3) is 0 Å². The molecule has 0 aliphatic heterocycles. The van der Waals surface area contributed by atoms with Crippen molar-refractivity contribution in [1.82, 2.24) is 10.2 Å². The Balaban J connectivity index is 2.13. The Morgan fingerprint density at radius 2 is 1.83 bits per heavy atom. The van der Waals surface area contributed by atoms with Gasteiger partial charge in [-0.1, -0.05) is 53.9 Å². The fraction of sp³-hybridized carbons (Fsp3) is 0.364. The van der Waals surface area contributed by atoms with Crippen LogP contribution in [0.4, 0.5) is 0 Å². The number of carbonyl (C=O) groups excluding carboxylic acids is 2. The summed E-state index contributed by atoms with van der Waals surface area (Å²) in [6.45, 7) is 4.20. The van der Waals surface area contributed by atoms with Gasteiger partial charge in [-0.15, -0.1) is 11.8 Å². The highest BCUT2D eigenvalue weighted by Gasteiger charge is 2.28. The Labute approximate surface area is 187 Å². The van der Waals surface area contributed by atoms with Gasteiger partial charge in [-0.25, -0.2) is 0 Å². The van der Waals surface area contributed by atoms with Crippen molar-refractivity contribution in [3.8, 4) is 0 Å². The predicted octanol–water partition coefficient (Wildman–Crippen LogP) is 5.34. The molecule has 0 aliphatic rings. The van der Waals surface area contributed by atoms with E-state index in [-0.39, 0.29) is 18.4 Å². The number of rotatable bonds is 9. The lowest BCUT2D eigenvalue weighted by atomic mass is 10.1. The highest BCUT2D eigenvalue weighted by molar-refractivity contribution is 7.99. The summed E-state index contributed by atoms with van der Waals surface area (Å²) in [5, 5.41) is 3.67. The Morgan fingerprint density at radius 1 is 1.14 bits per heavy atom. The van der Waals surface area contributed by atoms with Crippen LogP contribution >= 0.6 is 35.0 Å². The van der Waals surface area contributed by atoms with Crippen molar-refractivity contribution in [3.05, 3.63) is 63.6 Å². The maximum Gasteiger partial charge on any atom is 0.242 e. The molecule has 0 bridgehead atoms. The third kappa shape index (κ3) is 6.95. The van der Waals surface area contributed by atoms with Gasteiger partial charge in [0, 0.05) is 40.7 Å². The molecule has 2 aromatic carbocycles. The number of nitrogens with zero attached hydrogens (tertiary/aromatic N) is 1. The molecular formula is C22H26Cl2N2O2S. The molecule has 1 unspecified atom stereocenters. The van der Waals surface area contributed by atoms with Crippen LogP contribution in [-0.4, -0.2) is 35.6 Å². The molecule has 4 nitrogen and oxygen atoms in total. The number of thioether (sulfide) groups is 1. The number of likely N-dealkylation sites (N-methyl/N-ethyl adjacent to an activating group) is 1. The second-order valence-corrected chi connectivity index (χ2v) is 8.72. The molecule has 0 saturated heterocycles. The van der Waals surface area contributed by atoms with Crippen LogP contribution in [-0.2, 0) is 16.1 Å². The normalized spacial score (nSPS) is 11.8. The van der Waals surface area contributed by atoms with Crippen LogP contribution in [0.3, 0.4) is 0 Å². The number of hydrogen-bond donors (Lipinski definition) is 1. The zero-order valence-electron chi connectivity index (χ0n) is 16.9. The number of aryl methyl sites for hydroxylation is 1. The molecular weight excluding hydrogens is 427 g/mol. The summed E-state index contributed by atoms with van der Waals surface area (Å²) >= 11 is 13.9. The number of amides is 2. The Morgan fingerprint density at radius 3 is 2.41 bits per heavy atom. The lowest BCUT2D eigenvalue weighted by Gasteiger charge is -2.30. The molecule has 156 valence electrons. The summed E-state index contributed by atoms with van der Waals surface area (Å²) in [6, 6.07) is 12.8. The van der Waals surface area contributed by atoms with Gasteiger partial charge in [0.1, 0.15) is 6.04 Å². The molecule has 29 heavy (non-hydrogen) atoms. The standard InChI is InChI=1S/C22H26Cl2N2O2S/c1-4-20(22(28)25-3)26(14-16-7-8-17(23)13-19(16)24)21(27)11-12-29-18-9-5-15(2)6-10-18/h5-10,13,20H,4,11-12,14H2,1-3H3,(H,25,28). The van der Waals surface area contributed by atoms with E-state index in [1.165, 1.54) is 5.56 Å². The second kappa shape index (κ2) is 11.5. The topological polar surface area (TPSA) is 49.4 Å². The molecule has 2 rings (SSSR count). The van der Waals surface area contributed by atoms with E-state index in [4.69, 9.17) is 23.2 Å². The van der Waals surface area contributed by atoms with Crippen molar-refractivity contribution in [3.63, 3.8) is 0 Å². The monoisotopic (exact) mass is 452 g/mol. The van der Waals surface area contributed by atoms with Crippen LogP contribution in [0.25, 0.3) is 0 Å². The number of nitrogens with one attached hydrogen (secondary N) is 1. The molecule has 2 amide bonds. The van der Waals surface area contributed by atoms with Crippen molar-refractivity contribution in [2.75, 3.05) is 12.8 Å². The van der Waals surface area contributed by atoms with Crippen molar-refractivity contribution in [2.45, 2.75) is 44.2 Å². The quantitative estimate of drug-likeness (QED) is 0.522. The third-order valence-corrected chi connectivity index (χ3v) is 6.19. The lowest BCUT2D eigenvalue weighted by molar-refractivity contribution is -0.140. The SMILES string of the molecule is CCC(C(=O)NC)N(Cc1ccc(Cl)cc1Cl)C(=O)CCSc1ccc(C)cc1. The predicted molar refractivity (Wildman–Crippen MR) is 122 cm³/mol. The van der Waals surface area contributed by atoms with Gasteiger partial charge in [-0.2, -0.15) is 0 Å². The van der Waals surface area contributed by atoms with Gasteiger partial charge in [0.15, 0.2) is 0 Å². The van der Waals surface area contributed by atoms with Crippen LogP contribution in [0.1, 0.15) is 30.9 Å². The minimum absolute atomic E-state index is 0.0777. The van der Waals surface area contributed by atoms with Crippen LogP contribution in [0.2, 0.25) is 10.0 Å². The van der Waals surface area contributed by atoms with Crippen LogP contribution in [0.15, 0.2) is 47.4 Å². The molecule has 0 heterocycles. The first-order valence-corrected chi connectivity index (χ1v) is 11.2. The number of hydrogen-bond acceptors (Lipinski definition) is 3. The Bertz CT molecular complexity index is 843. The van der Waals surface area contributed by atoms with Gasteiger partial charge in [0.2, 0.25) is 11.8 Å². The first-order chi connectivity index (χ1) is 13.8. The molecule has 0 aromatic heterocycles. The van der Waals surface area contributed by atoms with E-state index in [2.05, 4.69) is 29.6 Å². The van der Waals surface area contributed by atoms with E-state index in [9.17, 15) is 9.59 Å². The van der Waals surface area contributed by atoms with Crippen LogP contribution in [0, 0.1) is 6.92 Å². The van der Waals surface area contributed by atoms with E-state index in [1.54, 1.807) is 41.9 Å². The van der Waals surface area contributed by atoms with E-state index in [0.29, 0.717) is 28.6 Å².